The van der Waals surface area contributed by atoms with Crippen LogP contribution < -0.4 is 4.90 Å². The Labute approximate surface area is 306 Å². The van der Waals surface area contributed by atoms with E-state index in [4.69, 9.17) is 23.7 Å². The molecular formula is C42H38BrNO7. The van der Waals surface area contributed by atoms with Gasteiger partial charge in [0.2, 0.25) is 0 Å². The SMILES string of the molecule is O=C1C(=O)N([C@@H]2O[C@H](COCc3ccccc3)[C@@H](OCc3ccccc3)[C@H](OCc3ccccc3)[C@H]2OCc2ccccc2)c2ccc(Br)cc21. The molecule has 7 rings (SSSR count). The van der Waals surface area contributed by atoms with Crippen LogP contribution in [-0.2, 0) is 54.9 Å². The number of nitrogens with zero attached hydrogens (tertiary/aromatic N) is 1. The number of carbonyl (C=O) groups excluding carboxylic acids is 2. The fourth-order valence-electron chi connectivity index (χ4n) is 6.46. The molecule has 2 aliphatic heterocycles. The van der Waals surface area contributed by atoms with Gasteiger partial charge < -0.3 is 23.7 Å². The maximum atomic E-state index is 13.9. The van der Waals surface area contributed by atoms with Crippen molar-refractivity contribution < 1.29 is 33.3 Å². The van der Waals surface area contributed by atoms with Crippen molar-refractivity contribution in [1.82, 2.24) is 0 Å². The van der Waals surface area contributed by atoms with Crippen LogP contribution in [0.15, 0.2) is 144 Å². The van der Waals surface area contributed by atoms with Gasteiger partial charge in [-0.3, -0.25) is 14.5 Å². The summed E-state index contributed by atoms with van der Waals surface area (Å²) in [6, 6.07) is 44.6. The van der Waals surface area contributed by atoms with E-state index in [2.05, 4.69) is 15.9 Å². The highest BCUT2D eigenvalue weighted by molar-refractivity contribution is 9.10. The summed E-state index contributed by atoms with van der Waals surface area (Å²) in [5.74, 6) is -1.31. The molecule has 8 nitrogen and oxygen atoms in total. The number of fused-ring (bicyclic) bond motifs is 1. The van der Waals surface area contributed by atoms with Gasteiger partial charge in [0.25, 0.3) is 5.78 Å². The fraction of sp³-hybridized carbons (Fsp3) is 0.238. The van der Waals surface area contributed by atoms with E-state index in [1.165, 1.54) is 4.90 Å². The summed E-state index contributed by atoms with van der Waals surface area (Å²) in [5, 5.41) is 0. The van der Waals surface area contributed by atoms with Crippen LogP contribution in [0.2, 0.25) is 0 Å². The highest BCUT2D eigenvalue weighted by atomic mass is 79.9. The number of anilines is 1. The quantitative estimate of drug-likeness (QED) is 0.108. The maximum absolute atomic E-state index is 13.9. The monoisotopic (exact) mass is 747 g/mol. The second kappa shape index (κ2) is 16.7. The lowest BCUT2D eigenvalue weighted by Crippen LogP contribution is -2.66. The van der Waals surface area contributed by atoms with Crippen molar-refractivity contribution >= 4 is 33.3 Å². The van der Waals surface area contributed by atoms with E-state index in [-0.39, 0.29) is 26.4 Å². The van der Waals surface area contributed by atoms with Crippen molar-refractivity contribution in [2.75, 3.05) is 11.5 Å². The van der Waals surface area contributed by atoms with Gasteiger partial charge in [0.1, 0.15) is 24.4 Å². The summed E-state index contributed by atoms with van der Waals surface area (Å²) in [6.45, 7) is 1.22. The lowest BCUT2D eigenvalue weighted by Gasteiger charge is -2.48. The maximum Gasteiger partial charge on any atom is 0.301 e. The molecular weight excluding hydrogens is 710 g/mol. The third kappa shape index (κ3) is 8.37. The molecule has 1 saturated heterocycles. The van der Waals surface area contributed by atoms with Crippen LogP contribution >= 0.6 is 15.9 Å². The average molecular weight is 749 g/mol. The zero-order valence-electron chi connectivity index (χ0n) is 27.9. The summed E-state index contributed by atoms with van der Waals surface area (Å²) in [4.78, 5) is 28.7. The van der Waals surface area contributed by atoms with E-state index in [1.54, 1.807) is 18.2 Å². The highest BCUT2D eigenvalue weighted by Crippen LogP contribution is 2.39. The molecule has 51 heavy (non-hydrogen) atoms. The molecule has 0 unspecified atom stereocenters. The first-order chi connectivity index (χ1) is 25.0. The van der Waals surface area contributed by atoms with Gasteiger partial charge in [0.15, 0.2) is 6.23 Å². The third-order valence-electron chi connectivity index (χ3n) is 8.99. The van der Waals surface area contributed by atoms with Crippen LogP contribution in [0.25, 0.3) is 0 Å². The lowest BCUT2D eigenvalue weighted by molar-refractivity contribution is -0.271. The van der Waals surface area contributed by atoms with Crippen LogP contribution in [0.4, 0.5) is 5.69 Å². The predicted octanol–water partition coefficient (Wildman–Crippen LogP) is 7.68. The number of halogens is 1. The van der Waals surface area contributed by atoms with Crippen LogP contribution in [0.5, 0.6) is 0 Å². The molecule has 0 N–H and O–H groups in total. The predicted molar refractivity (Wildman–Crippen MR) is 196 cm³/mol. The Morgan fingerprint density at radius 3 is 1.57 bits per heavy atom. The zero-order chi connectivity index (χ0) is 35.0. The summed E-state index contributed by atoms with van der Waals surface area (Å²) >= 11 is 3.45. The Morgan fingerprint density at radius 1 is 0.569 bits per heavy atom. The Hall–Kier alpha value is -4.48. The van der Waals surface area contributed by atoms with E-state index < -0.39 is 42.3 Å². The molecule has 2 heterocycles. The van der Waals surface area contributed by atoms with Gasteiger partial charge in [-0.05, 0) is 40.5 Å². The Morgan fingerprint density at radius 2 is 1.04 bits per heavy atom. The second-order valence-corrected chi connectivity index (χ2v) is 13.4. The Bertz CT molecular complexity index is 1890. The number of ether oxygens (including phenoxy) is 5. The lowest BCUT2D eigenvalue weighted by atomic mass is 9.96. The highest BCUT2D eigenvalue weighted by Gasteiger charge is 2.54. The number of benzene rings is 5. The van der Waals surface area contributed by atoms with Gasteiger partial charge in [-0.15, -0.1) is 0 Å². The van der Waals surface area contributed by atoms with E-state index in [9.17, 15) is 9.59 Å². The van der Waals surface area contributed by atoms with Gasteiger partial charge in [0.05, 0.1) is 44.3 Å². The topological polar surface area (TPSA) is 83.5 Å². The Kier molecular flexibility index (Phi) is 11.4. The molecule has 5 atom stereocenters. The van der Waals surface area contributed by atoms with Gasteiger partial charge in [0, 0.05) is 4.47 Å². The van der Waals surface area contributed by atoms with Crippen LogP contribution in [-0.4, -0.2) is 48.9 Å². The van der Waals surface area contributed by atoms with E-state index in [0.29, 0.717) is 22.3 Å². The molecule has 0 spiro atoms. The normalized spacial score (nSPS) is 21.5. The minimum Gasteiger partial charge on any atom is -0.374 e. The van der Waals surface area contributed by atoms with Crippen molar-refractivity contribution in [3.8, 4) is 0 Å². The molecule has 1 fully saturated rings. The van der Waals surface area contributed by atoms with E-state index >= 15 is 0 Å². The molecule has 0 radical (unpaired) electrons. The summed E-state index contributed by atoms with van der Waals surface area (Å²) in [5.41, 5.74) is 4.62. The van der Waals surface area contributed by atoms with Crippen molar-refractivity contribution in [3.05, 3.63) is 172 Å². The number of amides is 1. The fourth-order valence-corrected chi connectivity index (χ4v) is 6.82. The van der Waals surface area contributed by atoms with Crippen LogP contribution in [0.3, 0.4) is 0 Å². The number of ketones is 1. The third-order valence-corrected chi connectivity index (χ3v) is 9.48. The second-order valence-electron chi connectivity index (χ2n) is 12.5. The van der Waals surface area contributed by atoms with E-state index in [0.717, 1.165) is 22.3 Å². The smallest absolute Gasteiger partial charge is 0.301 e. The number of Topliss-reactive ketones (excluding diaryl/α,β-unsaturated/α-hetero) is 1. The first kappa shape index (κ1) is 34.9. The number of hydrogen-bond donors (Lipinski definition) is 0. The molecule has 0 aromatic heterocycles. The Balaban J connectivity index is 1.28. The van der Waals surface area contributed by atoms with Gasteiger partial charge in [-0.2, -0.15) is 0 Å². The standard InChI is InChI=1S/C42H38BrNO7/c43-33-21-22-35-34(23-33)37(45)41(46)44(35)42-40(50-27-32-19-11-4-12-20-32)39(49-26-31-17-9-3-10-18-31)38(48-25-30-15-7-2-8-16-30)36(51-42)28-47-24-29-13-5-1-6-14-29/h1-23,36,38-40,42H,24-28H2/t36-,38-,39+,40-,42-/m1/s1. The minimum atomic E-state index is -1.05. The van der Waals surface area contributed by atoms with Crippen molar-refractivity contribution in [2.24, 2.45) is 0 Å². The van der Waals surface area contributed by atoms with Gasteiger partial charge in [-0.1, -0.05) is 137 Å². The summed E-state index contributed by atoms with van der Waals surface area (Å²) in [7, 11) is 0. The van der Waals surface area contributed by atoms with Gasteiger partial charge >= 0.3 is 5.91 Å². The molecule has 260 valence electrons. The van der Waals surface area contributed by atoms with Crippen molar-refractivity contribution in [1.29, 1.82) is 0 Å². The molecule has 5 aromatic rings. The van der Waals surface area contributed by atoms with Crippen LogP contribution in [0.1, 0.15) is 32.6 Å². The molecule has 1 amide bonds. The molecule has 2 aliphatic rings. The molecule has 0 aliphatic carbocycles. The molecule has 0 bridgehead atoms. The minimum absolute atomic E-state index is 0.130. The number of carbonyl (C=O) groups is 2. The molecule has 5 aromatic carbocycles. The van der Waals surface area contributed by atoms with E-state index in [1.807, 2.05) is 121 Å². The summed E-state index contributed by atoms with van der Waals surface area (Å²) < 4.78 is 34.1. The van der Waals surface area contributed by atoms with Gasteiger partial charge in [-0.25, -0.2) is 0 Å². The van der Waals surface area contributed by atoms with Crippen molar-refractivity contribution in [3.63, 3.8) is 0 Å². The first-order valence-corrected chi connectivity index (χ1v) is 17.8. The van der Waals surface area contributed by atoms with Crippen molar-refractivity contribution in [2.45, 2.75) is 57.1 Å². The summed E-state index contributed by atoms with van der Waals surface area (Å²) in [6.07, 6.45) is -4.05. The van der Waals surface area contributed by atoms with Crippen LogP contribution in [0, 0.1) is 0 Å². The number of rotatable bonds is 14. The number of hydrogen-bond acceptors (Lipinski definition) is 7. The average Bonchev–Trinajstić information content (AvgIpc) is 3.42. The molecule has 9 heteroatoms. The first-order valence-electron chi connectivity index (χ1n) is 17.0. The largest absolute Gasteiger partial charge is 0.374 e. The molecule has 0 saturated carbocycles. The zero-order valence-corrected chi connectivity index (χ0v) is 29.5.